The normalized spacial score (nSPS) is 10.4. The van der Waals surface area contributed by atoms with Gasteiger partial charge in [0.2, 0.25) is 0 Å². The summed E-state index contributed by atoms with van der Waals surface area (Å²) >= 11 is 0. The molecule has 0 aromatic heterocycles. The molecule has 0 radical (unpaired) electrons. The van der Waals surface area contributed by atoms with Gasteiger partial charge in [-0.25, -0.2) is 4.79 Å². The number of anilines is 1. The third-order valence-electron chi connectivity index (χ3n) is 4.29. The Hall–Kier alpha value is -4.17. The smallest absolute Gasteiger partial charge is 0.335 e. The highest BCUT2D eigenvalue weighted by Gasteiger charge is 2.19. The van der Waals surface area contributed by atoms with Crippen molar-refractivity contribution in [1.29, 1.82) is 0 Å². The van der Waals surface area contributed by atoms with Crippen LogP contribution in [0.5, 0.6) is 11.5 Å². The van der Waals surface area contributed by atoms with Crippen molar-refractivity contribution < 1.29 is 33.4 Å². The lowest BCUT2D eigenvalue weighted by Crippen LogP contribution is -2.19. The lowest BCUT2D eigenvalue weighted by Gasteiger charge is -2.19. The molecule has 0 amide bonds. The topological polar surface area (TPSA) is 100 Å². The van der Waals surface area contributed by atoms with E-state index in [0.717, 1.165) is 11.1 Å². The highest BCUT2D eigenvalue weighted by atomic mass is 16.7. The Morgan fingerprint density at radius 3 is 1.85 bits per heavy atom. The number of carbonyl (C=O) groups excluding carboxylic acids is 3. The molecule has 0 saturated carbocycles. The van der Waals surface area contributed by atoms with Crippen LogP contribution in [0.4, 0.5) is 5.69 Å². The molecule has 8 heteroatoms. The van der Waals surface area contributed by atoms with Crippen LogP contribution in [0.15, 0.2) is 78.9 Å². The average Bonchev–Trinajstić information content (AvgIpc) is 2.79. The average molecular weight is 449 g/mol. The van der Waals surface area contributed by atoms with Gasteiger partial charge < -0.3 is 14.2 Å². The molecule has 0 atom stereocenters. The maximum atomic E-state index is 12.5. The molecule has 33 heavy (non-hydrogen) atoms. The van der Waals surface area contributed by atoms with Crippen LogP contribution in [0.3, 0.4) is 0 Å². The van der Waals surface area contributed by atoms with Crippen LogP contribution in [0.25, 0.3) is 0 Å². The summed E-state index contributed by atoms with van der Waals surface area (Å²) in [5.41, 5.74) is 4.62. The molecular formula is C25H23NO7. The maximum Gasteiger partial charge on any atom is 0.335 e. The highest BCUT2D eigenvalue weighted by molar-refractivity contribution is 5.75. The van der Waals surface area contributed by atoms with Crippen molar-refractivity contribution in [3.8, 4) is 11.5 Å². The van der Waals surface area contributed by atoms with Gasteiger partial charge in [0.15, 0.2) is 24.2 Å². The predicted molar refractivity (Wildman–Crippen MR) is 119 cm³/mol. The summed E-state index contributed by atoms with van der Waals surface area (Å²) in [6.45, 7) is 2.07. The van der Waals surface area contributed by atoms with Crippen molar-refractivity contribution in [1.82, 2.24) is 0 Å². The molecule has 0 fully saturated rings. The number of esters is 3. The van der Waals surface area contributed by atoms with Crippen LogP contribution in [-0.4, -0.2) is 24.5 Å². The first-order chi connectivity index (χ1) is 15.9. The number of hydrogen-bond acceptors (Lipinski definition) is 8. The van der Waals surface area contributed by atoms with Crippen LogP contribution >= 0.6 is 0 Å². The Morgan fingerprint density at radius 1 is 0.758 bits per heavy atom. The Kier molecular flexibility index (Phi) is 8.15. The summed E-state index contributed by atoms with van der Waals surface area (Å²) in [6.07, 6.45) is -0.581. The van der Waals surface area contributed by atoms with Gasteiger partial charge in [0.05, 0.1) is 5.69 Å². The van der Waals surface area contributed by atoms with Crippen LogP contribution in [-0.2, 0) is 24.0 Å². The second-order valence-corrected chi connectivity index (χ2v) is 6.93. The monoisotopic (exact) mass is 449 g/mol. The SMILES string of the molecule is CC(=O)Oc1ccc(NOCC(=O)OC(c2ccccc2)c2ccccc2)cc1OC(C)=O. The summed E-state index contributed by atoms with van der Waals surface area (Å²) in [6, 6.07) is 23.2. The van der Waals surface area contributed by atoms with E-state index in [9.17, 15) is 14.4 Å². The summed E-state index contributed by atoms with van der Waals surface area (Å²) in [5, 5.41) is 0. The number of carbonyl (C=O) groups is 3. The minimum absolute atomic E-state index is 0.0297. The van der Waals surface area contributed by atoms with E-state index < -0.39 is 24.0 Å². The molecule has 1 N–H and O–H groups in total. The first-order valence-electron chi connectivity index (χ1n) is 10.1. The molecule has 0 unspecified atom stereocenters. The van der Waals surface area contributed by atoms with Gasteiger partial charge in [-0.1, -0.05) is 60.7 Å². The molecule has 8 nitrogen and oxygen atoms in total. The zero-order chi connectivity index (χ0) is 23.6. The molecule has 0 aliphatic heterocycles. The van der Waals surface area contributed by atoms with Gasteiger partial charge in [0.1, 0.15) is 0 Å². The van der Waals surface area contributed by atoms with E-state index in [1.807, 2.05) is 60.7 Å². The molecular weight excluding hydrogens is 426 g/mol. The standard InChI is InChI=1S/C25H23NO7/c1-17(27)31-22-14-13-21(15-23(22)32-18(2)28)26-30-16-24(29)33-25(19-9-5-3-6-10-19)20-11-7-4-8-12-20/h3-15,25-26H,16H2,1-2H3. The number of benzene rings is 3. The van der Waals surface area contributed by atoms with Crippen LogP contribution in [0.2, 0.25) is 0 Å². The summed E-state index contributed by atoms with van der Waals surface area (Å²) in [7, 11) is 0. The minimum Gasteiger partial charge on any atom is -0.451 e. The van der Waals surface area contributed by atoms with Crippen molar-refractivity contribution in [3.05, 3.63) is 90.0 Å². The van der Waals surface area contributed by atoms with E-state index in [2.05, 4.69) is 5.48 Å². The Bertz CT molecular complexity index is 1060. The van der Waals surface area contributed by atoms with Gasteiger partial charge in [0.25, 0.3) is 0 Å². The van der Waals surface area contributed by atoms with Gasteiger partial charge in [-0.3, -0.25) is 19.9 Å². The summed E-state index contributed by atoms with van der Waals surface area (Å²) in [5.74, 6) is -1.62. The molecule has 3 aromatic carbocycles. The molecule has 0 spiro atoms. The van der Waals surface area contributed by atoms with E-state index in [1.165, 1.54) is 32.0 Å². The summed E-state index contributed by atoms with van der Waals surface area (Å²) in [4.78, 5) is 40.3. The zero-order valence-corrected chi connectivity index (χ0v) is 18.1. The lowest BCUT2D eigenvalue weighted by molar-refractivity contribution is -0.152. The largest absolute Gasteiger partial charge is 0.451 e. The van der Waals surface area contributed by atoms with E-state index in [0.29, 0.717) is 5.69 Å². The molecule has 170 valence electrons. The first kappa shape index (κ1) is 23.5. The second-order valence-electron chi connectivity index (χ2n) is 6.93. The van der Waals surface area contributed by atoms with Crippen molar-refractivity contribution in [2.45, 2.75) is 20.0 Å². The maximum absolute atomic E-state index is 12.5. The number of rotatable bonds is 9. The van der Waals surface area contributed by atoms with Crippen molar-refractivity contribution in [2.24, 2.45) is 0 Å². The Balaban J connectivity index is 1.63. The fraction of sp³-hybridized carbons (Fsp3) is 0.160. The molecule has 0 aliphatic carbocycles. The van der Waals surface area contributed by atoms with E-state index in [4.69, 9.17) is 19.0 Å². The molecule has 3 rings (SSSR count). The third-order valence-corrected chi connectivity index (χ3v) is 4.29. The highest BCUT2D eigenvalue weighted by Crippen LogP contribution is 2.31. The van der Waals surface area contributed by atoms with Crippen molar-refractivity contribution in [2.75, 3.05) is 12.1 Å². The molecule has 0 saturated heterocycles. The number of nitrogens with one attached hydrogen (secondary N) is 1. The fourth-order valence-corrected chi connectivity index (χ4v) is 2.97. The van der Waals surface area contributed by atoms with Gasteiger partial charge >= 0.3 is 17.9 Å². The Labute approximate surface area is 191 Å². The quantitative estimate of drug-likeness (QED) is 0.295. The number of ether oxygens (including phenoxy) is 3. The van der Waals surface area contributed by atoms with E-state index in [-0.39, 0.29) is 18.1 Å². The van der Waals surface area contributed by atoms with Crippen LogP contribution in [0.1, 0.15) is 31.1 Å². The van der Waals surface area contributed by atoms with Gasteiger partial charge in [0, 0.05) is 19.9 Å². The molecule has 3 aromatic rings. The van der Waals surface area contributed by atoms with Gasteiger partial charge in [-0.2, -0.15) is 0 Å². The summed E-state index contributed by atoms with van der Waals surface area (Å²) < 4.78 is 15.7. The fourth-order valence-electron chi connectivity index (χ4n) is 2.97. The van der Waals surface area contributed by atoms with Crippen molar-refractivity contribution in [3.63, 3.8) is 0 Å². The molecule has 0 bridgehead atoms. The van der Waals surface area contributed by atoms with E-state index in [1.54, 1.807) is 0 Å². The third kappa shape index (κ3) is 7.19. The van der Waals surface area contributed by atoms with Crippen molar-refractivity contribution >= 4 is 23.6 Å². The lowest BCUT2D eigenvalue weighted by atomic mass is 10.0. The zero-order valence-electron chi connectivity index (χ0n) is 18.1. The minimum atomic E-state index is -0.586. The first-order valence-corrected chi connectivity index (χ1v) is 10.1. The van der Waals surface area contributed by atoms with Crippen LogP contribution in [0, 0.1) is 0 Å². The second kappa shape index (κ2) is 11.4. The predicted octanol–water partition coefficient (Wildman–Crippen LogP) is 4.21. The molecule has 0 aliphatic rings. The molecule has 0 heterocycles. The van der Waals surface area contributed by atoms with Crippen LogP contribution < -0.4 is 15.0 Å². The Morgan fingerprint density at radius 2 is 1.30 bits per heavy atom. The van der Waals surface area contributed by atoms with E-state index >= 15 is 0 Å². The van der Waals surface area contributed by atoms with Gasteiger partial charge in [-0.15, -0.1) is 0 Å². The van der Waals surface area contributed by atoms with Gasteiger partial charge in [-0.05, 0) is 23.3 Å². The number of hydrogen-bond donors (Lipinski definition) is 1.